The van der Waals surface area contributed by atoms with Gasteiger partial charge in [0, 0.05) is 17.2 Å². The van der Waals surface area contributed by atoms with Gasteiger partial charge in [0.25, 0.3) is 0 Å². The van der Waals surface area contributed by atoms with E-state index < -0.39 is 21.1 Å². The van der Waals surface area contributed by atoms with Crippen LogP contribution in [0, 0.1) is 12.8 Å². The van der Waals surface area contributed by atoms with Crippen molar-refractivity contribution in [1.29, 1.82) is 0 Å². The van der Waals surface area contributed by atoms with Gasteiger partial charge in [0.1, 0.15) is 10.0 Å². The van der Waals surface area contributed by atoms with E-state index in [0.29, 0.717) is 21.3 Å². The molecule has 0 spiro atoms. The summed E-state index contributed by atoms with van der Waals surface area (Å²) in [5.41, 5.74) is 3.64. The van der Waals surface area contributed by atoms with Crippen molar-refractivity contribution in [2.45, 2.75) is 55.4 Å². The zero-order valence-electron chi connectivity index (χ0n) is 23.8. The molecule has 41 heavy (non-hydrogen) atoms. The first kappa shape index (κ1) is 29.0. The van der Waals surface area contributed by atoms with Gasteiger partial charge in [-0.1, -0.05) is 62.7 Å². The number of thiophene rings is 1. The standard InChI is InChI=1S/C31H37N5O3S2/c1-21-11-13-23(14-12-21)36-27(20-26(35-36)31(2,3)4)34-30(37)33-25-9-6-5-8-24(25)29(22-15-17-32-18-16-22)41(38,39)28-10-7-19-40-28/h5-14,19-20,22,29,32H,15-18H2,1-4H3,(H2,33,34,37). The number of benzene rings is 2. The Kier molecular flexibility index (Phi) is 8.35. The summed E-state index contributed by atoms with van der Waals surface area (Å²) < 4.78 is 30.1. The van der Waals surface area contributed by atoms with Crippen molar-refractivity contribution in [3.63, 3.8) is 0 Å². The third-order valence-electron chi connectivity index (χ3n) is 7.44. The molecule has 0 bridgehead atoms. The van der Waals surface area contributed by atoms with Crippen LogP contribution in [0.4, 0.5) is 16.3 Å². The minimum Gasteiger partial charge on any atom is -0.317 e. The largest absolute Gasteiger partial charge is 0.324 e. The number of anilines is 2. The molecule has 0 radical (unpaired) electrons. The Balaban J connectivity index is 1.48. The van der Waals surface area contributed by atoms with Gasteiger partial charge in [-0.15, -0.1) is 11.3 Å². The summed E-state index contributed by atoms with van der Waals surface area (Å²) in [6.45, 7) is 9.76. The van der Waals surface area contributed by atoms with Crippen LogP contribution in [0.25, 0.3) is 5.69 Å². The summed E-state index contributed by atoms with van der Waals surface area (Å²) in [5.74, 6) is 0.446. The second kappa shape index (κ2) is 11.8. The fourth-order valence-corrected chi connectivity index (χ4v) is 8.52. The van der Waals surface area contributed by atoms with Gasteiger partial charge in [0.05, 0.1) is 16.6 Å². The smallest absolute Gasteiger partial charge is 0.317 e. The molecule has 10 heteroatoms. The van der Waals surface area contributed by atoms with Crippen LogP contribution in [-0.2, 0) is 15.3 Å². The predicted molar refractivity (Wildman–Crippen MR) is 166 cm³/mol. The molecule has 1 atom stereocenters. The molecule has 3 N–H and O–H groups in total. The number of nitrogens with zero attached hydrogens (tertiary/aromatic N) is 2. The number of sulfone groups is 1. The van der Waals surface area contributed by atoms with Crippen molar-refractivity contribution in [3.8, 4) is 5.69 Å². The van der Waals surface area contributed by atoms with Gasteiger partial charge in [-0.05, 0) is 74.0 Å². The topological polar surface area (TPSA) is 105 Å². The summed E-state index contributed by atoms with van der Waals surface area (Å²) in [5, 5.41) is 15.1. The predicted octanol–water partition coefficient (Wildman–Crippen LogP) is 6.70. The van der Waals surface area contributed by atoms with Gasteiger partial charge in [0.2, 0.25) is 0 Å². The Morgan fingerprint density at radius 1 is 1.02 bits per heavy atom. The van der Waals surface area contributed by atoms with Gasteiger partial charge < -0.3 is 10.6 Å². The molecule has 0 aliphatic carbocycles. The monoisotopic (exact) mass is 591 g/mol. The summed E-state index contributed by atoms with van der Waals surface area (Å²) in [4.78, 5) is 13.5. The van der Waals surface area contributed by atoms with Gasteiger partial charge in [0.15, 0.2) is 9.84 Å². The number of aryl methyl sites for hydroxylation is 1. The Hall–Kier alpha value is -3.47. The Labute approximate surface area is 246 Å². The lowest BCUT2D eigenvalue weighted by Gasteiger charge is -2.31. The molecule has 2 aromatic carbocycles. The van der Waals surface area contributed by atoms with Crippen LogP contribution in [0.1, 0.15) is 55.7 Å². The summed E-state index contributed by atoms with van der Waals surface area (Å²) in [6, 6.07) is 20.0. The zero-order valence-corrected chi connectivity index (χ0v) is 25.5. The van der Waals surface area contributed by atoms with Crippen LogP contribution in [0.15, 0.2) is 76.3 Å². The maximum Gasteiger partial charge on any atom is 0.324 e. The van der Waals surface area contributed by atoms with Gasteiger partial charge >= 0.3 is 6.03 Å². The van der Waals surface area contributed by atoms with E-state index in [1.54, 1.807) is 28.3 Å². The molecule has 4 aromatic rings. The maximum absolute atomic E-state index is 14.0. The normalized spacial score (nSPS) is 15.4. The molecule has 8 nitrogen and oxygen atoms in total. The number of amides is 2. The third-order valence-corrected chi connectivity index (χ3v) is 11.1. The number of aromatic nitrogens is 2. The van der Waals surface area contributed by atoms with Crippen molar-refractivity contribution < 1.29 is 13.2 Å². The van der Waals surface area contributed by atoms with E-state index in [-0.39, 0.29) is 11.3 Å². The highest BCUT2D eigenvalue weighted by molar-refractivity contribution is 7.93. The van der Waals surface area contributed by atoms with E-state index in [0.717, 1.165) is 42.9 Å². The molecule has 1 fully saturated rings. The first-order valence-electron chi connectivity index (χ1n) is 13.9. The lowest BCUT2D eigenvalue weighted by Crippen LogP contribution is -2.34. The number of hydrogen-bond donors (Lipinski definition) is 3. The van der Waals surface area contributed by atoms with Crippen molar-refractivity contribution >= 4 is 38.7 Å². The Morgan fingerprint density at radius 2 is 1.73 bits per heavy atom. The molecule has 2 aromatic heterocycles. The van der Waals surface area contributed by atoms with E-state index in [1.807, 2.05) is 55.5 Å². The summed E-state index contributed by atoms with van der Waals surface area (Å²) >= 11 is 1.23. The van der Waals surface area contributed by atoms with Crippen molar-refractivity contribution in [2.75, 3.05) is 23.7 Å². The van der Waals surface area contributed by atoms with E-state index in [1.165, 1.54) is 11.3 Å². The number of urea groups is 1. The van der Waals surface area contributed by atoms with Crippen LogP contribution < -0.4 is 16.0 Å². The van der Waals surface area contributed by atoms with E-state index in [2.05, 4.69) is 36.7 Å². The van der Waals surface area contributed by atoms with Crippen LogP contribution in [0.5, 0.6) is 0 Å². The highest BCUT2D eigenvalue weighted by atomic mass is 32.2. The second-order valence-electron chi connectivity index (χ2n) is 11.6. The molecule has 1 aliphatic heterocycles. The molecule has 3 heterocycles. The average molecular weight is 592 g/mol. The average Bonchev–Trinajstić information content (AvgIpc) is 3.62. The minimum absolute atomic E-state index is 0.0772. The van der Waals surface area contributed by atoms with Gasteiger partial charge in [-0.3, -0.25) is 5.32 Å². The third kappa shape index (κ3) is 6.39. The Morgan fingerprint density at radius 3 is 2.39 bits per heavy atom. The minimum atomic E-state index is -3.68. The van der Waals surface area contributed by atoms with Crippen LogP contribution in [-0.4, -0.2) is 37.3 Å². The van der Waals surface area contributed by atoms with E-state index in [4.69, 9.17) is 5.10 Å². The summed E-state index contributed by atoms with van der Waals surface area (Å²) in [7, 11) is -3.68. The quantitative estimate of drug-likeness (QED) is 0.222. The first-order chi connectivity index (χ1) is 19.5. The van der Waals surface area contributed by atoms with E-state index in [9.17, 15) is 13.2 Å². The summed E-state index contributed by atoms with van der Waals surface area (Å²) in [6.07, 6.45) is 1.47. The maximum atomic E-state index is 14.0. The highest BCUT2D eigenvalue weighted by Gasteiger charge is 2.38. The second-order valence-corrected chi connectivity index (χ2v) is 14.8. The lowest BCUT2D eigenvalue weighted by molar-refractivity contribution is 0.262. The molecule has 1 aliphatic rings. The molecule has 1 unspecified atom stereocenters. The lowest BCUT2D eigenvalue weighted by atomic mass is 9.89. The van der Waals surface area contributed by atoms with Crippen molar-refractivity contribution in [1.82, 2.24) is 15.1 Å². The number of hydrogen-bond acceptors (Lipinski definition) is 6. The SMILES string of the molecule is Cc1ccc(-n2nc(C(C)(C)C)cc2NC(=O)Nc2ccccc2C(C2CCNCC2)S(=O)(=O)c2cccs2)cc1. The van der Waals surface area contributed by atoms with Crippen LogP contribution >= 0.6 is 11.3 Å². The fourth-order valence-electron chi connectivity index (χ4n) is 5.22. The number of carbonyl (C=O) groups is 1. The van der Waals surface area contributed by atoms with Crippen LogP contribution in [0.3, 0.4) is 0 Å². The van der Waals surface area contributed by atoms with Gasteiger partial charge in [-0.25, -0.2) is 17.9 Å². The molecule has 2 amide bonds. The Bertz CT molecular complexity index is 1600. The van der Waals surface area contributed by atoms with Crippen molar-refractivity contribution in [3.05, 3.63) is 88.9 Å². The molecular weight excluding hydrogens is 555 g/mol. The highest BCUT2D eigenvalue weighted by Crippen LogP contribution is 2.43. The first-order valence-corrected chi connectivity index (χ1v) is 16.3. The van der Waals surface area contributed by atoms with Crippen LogP contribution in [0.2, 0.25) is 0 Å². The zero-order chi connectivity index (χ0) is 29.2. The molecular formula is C31H37N5O3S2. The molecule has 0 saturated carbocycles. The number of nitrogens with one attached hydrogen (secondary N) is 3. The molecule has 1 saturated heterocycles. The number of rotatable bonds is 7. The molecule has 216 valence electrons. The number of carbonyl (C=O) groups excluding carboxylic acids is 1. The number of para-hydroxylation sites is 1. The molecule has 5 rings (SSSR count). The van der Waals surface area contributed by atoms with Crippen molar-refractivity contribution in [2.24, 2.45) is 5.92 Å². The fraction of sp³-hybridized carbons (Fsp3) is 0.355. The number of piperidine rings is 1. The van der Waals surface area contributed by atoms with Gasteiger partial charge in [-0.2, -0.15) is 5.10 Å². The van der Waals surface area contributed by atoms with E-state index >= 15 is 0 Å².